The van der Waals surface area contributed by atoms with Gasteiger partial charge in [0.2, 0.25) is 0 Å². The van der Waals surface area contributed by atoms with E-state index < -0.39 is 11.9 Å². The van der Waals surface area contributed by atoms with E-state index in [-0.39, 0.29) is 5.70 Å². The van der Waals surface area contributed by atoms with Crippen molar-refractivity contribution >= 4 is 17.6 Å². The third kappa shape index (κ3) is 6.07. The van der Waals surface area contributed by atoms with Crippen LogP contribution in [0.1, 0.15) is 19.3 Å². The molecule has 0 bridgehead atoms. The predicted octanol–water partition coefficient (Wildman–Crippen LogP) is 2.19. The van der Waals surface area contributed by atoms with E-state index in [0.29, 0.717) is 18.0 Å². The van der Waals surface area contributed by atoms with E-state index in [1.165, 1.54) is 33.5 Å². The molecule has 0 amide bonds. The lowest BCUT2D eigenvalue weighted by Crippen LogP contribution is -2.33. The van der Waals surface area contributed by atoms with Gasteiger partial charge in [-0.1, -0.05) is 18.6 Å². The maximum Gasteiger partial charge on any atom is 0.354 e. The number of methoxy groups -OCH3 is 2. The van der Waals surface area contributed by atoms with Gasteiger partial charge in [0.05, 0.1) is 26.0 Å². The standard InChI is InChI=1S/C19H26N2O5/c1-24-18(22)14-16(19(23)25-2)20-15-8-4-5-9-17(15)26-13-12-21-10-6-3-7-11-21/h4-5,8-9,14,20H,3,6-7,10-13H2,1-2H3/b16-14+. The van der Waals surface area contributed by atoms with E-state index in [0.717, 1.165) is 25.7 Å². The van der Waals surface area contributed by atoms with Crippen LogP contribution in [0, 0.1) is 0 Å². The number of esters is 2. The number of hydrogen-bond acceptors (Lipinski definition) is 7. The maximum atomic E-state index is 11.9. The summed E-state index contributed by atoms with van der Waals surface area (Å²) in [5.74, 6) is -0.718. The minimum absolute atomic E-state index is 0.0218. The Bertz CT molecular complexity index is 639. The van der Waals surface area contributed by atoms with Crippen LogP contribution in [0.3, 0.4) is 0 Å². The van der Waals surface area contributed by atoms with E-state index in [9.17, 15) is 9.59 Å². The molecule has 1 N–H and O–H groups in total. The number of carbonyl (C=O) groups excluding carboxylic acids is 2. The molecule has 1 heterocycles. The number of rotatable bonds is 8. The fourth-order valence-corrected chi connectivity index (χ4v) is 2.74. The van der Waals surface area contributed by atoms with Crippen molar-refractivity contribution in [2.75, 3.05) is 45.8 Å². The molecule has 0 saturated carbocycles. The van der Waals surface area contributed by atoms with Gasteiger partial charge in [0.15, 0.2) is 0 Å². The number of para-hydroxylation sites is 2. The molecule has 0 unspecified atom stereocenters. The number of anilines is 1. The van der Waals surface area contributed by atoms with Crippen LogP contribution in [-0.4, -0.2) is 57.3 Å². The van der Waals surface area contributed by atoms with Crippen LogP contribution in [-0.2, 0) is 19.1 Å². The highest BCUT2D eigenvalue weighted by atomic mass is 16.5. The molecular formula is C19H26N2O5. The summed E-state index contributed by atoms with van der Waals surface area (Å²) in [6.45, 7) is 3.62. The Morgan fingerprint density at radius 3 is 2.54 bits per heavy atom. The lowest BCUT2D eigenvalue weighted by atomic mass is 10.1. The quantitative estimate of drug-likeness (QED) is 0.561. The van der Waals surface area contributed by atoms with Crippen LogP contribution in [0.2, 0.25) is 0 Å². The summed E-state index contributed by atoms with van der Waals surface area (Å²) in [6.07, 6.45) is 4.82. The van der Waals surface area contributed by atoms with Crippen LogP contribution in [0.25, 0.3) is 0 Å². The summed E-state index contributed by atoms with van der Waals surface area (Å²) in [5, 5.41) is 2.90. The van der Waals surface area contributed by atoms with Crippen molar-refractivity contribution in [2.24, 2.45) is 0 Å². The Labute approximate surface area is 153 Å². The second-order valence-electron chi connectivity index (χ2n) is 5.94. The smallest absolute Gasteiger partial charge is 0.354 e. The molecule has 7 nitrogen and oxygen atoms in total. The number of benzene rings is 1. The number of nitrogens with zero attached hydrogens (tertiary/aromatic N) is 1. The van der Waals surface area contributed by atoms with Gasteiger partial charge in [0.1, 0.15) is 18.1 Å². The molecule has 1 aromatic rings. The number of carbonyl (C=O) groups is 2. The van der Waals surface area contributed by atoms with Crippen LogP contribution in [0.5, 0.6) is 5.75 Å². The van der Waals surface area contributed by atoms with Gasteiger partial charge < -0.3 is 19.5 Å². The van der Waals surface area contributed by atoms with Crippen LogP contribution >= 0.6 is 0 Å². The number of hydrogen-bond donors (Lipinski definition) is 1. The fourth-order valence-electron chi connectivity index (χ4n) is 2.74. The summed E-state index contributed by atoms with van der Waals surface area (Å²) in [7, 11) is 2.49. The monoisotopic (exact) mass is 362 g/mol. The average molecular weight is 362 g/mol. The first-order chi connectivity index (χ1) is 12.6. The Balaban J connectivity index is 2.02. The Hall–Kier alpha value is -2.54. The molecule has 1 saturated heterocycles. The largest absolute Gasteiger partial charge is 0.490 e. The summed E-state index contributed by atoms with van der Waals surface area (Å²) in [6, 6.07) is 7.24. The van der Waals surface area contributed by atoms with Gasteiger partial charge in [0, 0.05) is 6.54 Å². The molecule has 2 rings (SSSR count). The third-order valence-corrected chi connectivity index (χ3v) is 4.14. The number of ether oxygens (including phenoxy) is 3. The van der Waals surface area contributed by atoms with Crippen molar-refractivity contribution in [3.05, 3.63) is 36.0 Å². The van der Waals surface area contributed by atoms with Crippen molar-refractivity contribution in [1.82, 2.24) is 4.90 Å². The summed E-state index contributed by atoms with van der Waals surface area (Å²) in [5.41, 5.74) is 0.554. The lowest BCUT2D eigenvalue weighted by Gasteiger charge is -2.26. The highest BCUT2D eigenvalue weighted by Gasteiger charge is 2.15. The minimum Gasteiger partial charge on any atom is -0.490 e. The Morgan fingerprint density at radius 2 is 1.85 bits per heavy atom. The number of likely N-dealkylation sites (tertiary alicyclic amines) is 1. The molecule has 1 aliphatic heterocycles. The maximum absolute atomic E-state index is 11.9. The van der Waals surface area contributed by atoms with E-state index >= 15 is 0 Å². The second kappa shape index (κ2) is 10.5. The van der Waals surface area contributed by atoms with Gasteiger partial charge in [-0.15, -0.1) is 0 Å². The Morgan fingerprint density at radius 1 is 1.12 bits per heavy atom. The molecular weight excluding hydrogens is 336 g/mol. The molecule has 142 valence electrons. The number of piperidine rings is 1. The molecule has 0 atom stereocenters. The molecule has 7 heteroatoms. The van der Waals surface area contributed by atoms with Crippen LogP contribution in [0.4, 0.5) is 5.69 Å². The molecule has 0 spiro atoms. The predicted molar refractivity (Wildman–Crippen MR) is 98.0 cm³/mol. The first-order valence-corrected chi connectivity index (χ1v) is 8.73. The number of nitrogens with one attached hydrogen (secondary N) is 1. The van der Waals surface area contributed by atoms with Crippen molar-refractivity contribution in [1.29, 1.82) is 0 Å². The minimum atomic E-state index is -0.668. The lowest BCUT2D eigenvalue weighted by molar-refractivity contribution is -0.138. The molecule has 1 aliphatic rings. The van der Waals surface area contributed by atoms with E-state index in [2.05, 4.69) is 15.0 Å². The normalized spacial score (nSPS) is 15.2. The van der Waals surface area contributed by atoms with Gasteiger partial charge in [-0.2, -0.15) is 0 Å². The van der Waals surface area contributed by atoms with Crippen molar-refractivity contribution in [3.8, 4) is 5.75 Å². The highest BCUT2D eigenvalue weighted by Crippen LogP contribution is 2.25. The van der Waals surface area contributed by atoms with E-state index in [4.69, 9.17) is 9.47 Å². The van der Waals surface area contributed by atoms with Crippen molar-refractivity contribution in [2.45, 2.75) is 19.3 Å². The molecule has 0 aliphatic carbocycles. The molecule has 1 aromatic carbocycles. The van der Waals surface area contributed by atoms with E-state index in [1.807, 2.05) is 18.2 Å². The Kier molecular flexibility index (Phi) is 7.95. The molecule has 0 radical (unpaired) electrons. The van der Waals surface area contributed by atoms with Gasteiger partial charge >= 0.3 is 11.9 Å². The zero-order chi connectivity index (χ0) is 18.8. The van der Waals surface area contributed by atoms with E-state index in [1.54, 1.807) is 6.07 Å². The van der Waals surface area contributed by atoms with Gasteiger partial charge in [-0.25, -0.2) is 9.59 Å². The van der Waals surface area contributed by atoms with Gasteiger partial charge in [-0.05, 0) is 38.1 Å². The SMILES string of the molecule is COC(=O)/C=C(/Nc1ccccc1OCCN1CCCCC1)C(=O)OC. The first-order valence-electron chi connectivity index (χ1n) is 8.73. The summed E-state index contributed by atoms with van der Waals surface area (Å²) < 4.78 is 15.2. The topological polar surface area (TPSA) is 77.1 Å². The highest BCUT2D eigenvalue weighted by molar-refractivity contribution is 5.99. The van der Waals surface area contributed by atoms with Gasteiger partial charge in [0.25, 0.3) is 0 Å². The first kappa shape index (κ1) is 19.8. The average Bonchev–Trinajstić information content (AvgIpc) is 2.68. The molecule has 26 heavy (non-hydrogen) atoms. The van der Waals surface area contributed by atoms with Gasteiger partial charge in [-0.3, -0.25) is 4.90 Å². The van der Waals surface area contributed by atoms with Crippen LogP contribution < -0.4 is 10.1 Å². The fraction of sp³-hybridized carbons (Fsp3) is 0.474. The molecule has 0 aromatic heterocycles. The molecule has 1 fully saturated rings. The zero-order valence-corrected chi connectivity index (χ0v) is 15.3. The van der Waals surface area contributed by atoms with Crippen molar-refractivity contribution in [3.63, 3.8) is 0 Å². The van der Waals surface area contributed by atoms with Crippen LogP contribution in [0.15, 0.2) is 36.0 Å². The van der Waals surface area contributed by atoms with Crippen molar-refractivity contribution < 1.29 is 23.8 Å². The summed E-state index contributed by atoms with van der Waals surface area (Å²) >= 11 is 0. The zero-order valence-electron chi connectivity index (χ0n) is 15.3. The summed E-state index contributed by atoms with van der Waals surface area (Å²) in [4.78, 5) is 25.8. The second-order valence-corrected chi connectivity index (χ2v) is 5.94. The third-order valence-electron chi connectivity index (χ3n) is 4.14.